The molecule has 1 heterocycles. The zero-order valence-corrected chi connectivity index (χ0v) is 21.8. The van der Waals surface area contributed by atoms with Crippen LogP contribution in [0, 0.1) is 0 Å². The summed E-state index contributed by atoms with van der Waals surface area (Å²) in [5, 5.41) is 2.54. The van der Waals surface area contributed by atoms with Crippen LogP contribution in [0.4, 0.5) is 0 Å². The number of aliphatic imine (C=N–C) groups is 1. The maximum absolute atomic E-state index is 13.5. The van der Waals surface area contributed by atoms with Crippen LogP contribution in [0.25, 0.3) is 10.8 Å². The number of carbonyl (C=O) groups is 1. The molecule has 0 aliphatic carbocycles. The molecule has 0 saturated carbocycles. The number of carbonyl (C=O) groups excluding carboxylic acids is 1. The van der Waals surface area contributed by atoms with Crippen molar-refractivity contribution in [1.82, 2.24) is 9.80 Å². The third-order valence-electron chi connectivity index (χ3n) is 7.36. The van der Waals surface area contributed by atoms with Gasteiger partial charge in [-0.05, 0) is 54.5 Å². The molecule has 0 bridgehead atoms. The van der Waals surface area contributed by atoms with Gasteiger partial charge in [0.1, 0.15) is 0 Å². The quantitative estimate of drug-likeness (QED) is 0.225. The minimum Gasteiger partial charge on any atom is -0.370 e. The van der Waals surface area contributed by atoms with E-state index in [1.54, 1.807) is 0 Å². The molecule has 1 amide bonds. The second-order valence-electron chi connectivity index (χ2n) is 10.2. The standard InChI is InChI=1S/C30H40N6O/c1-22-20-36(29(37)28(31)19-23-8-3-2-4-9-23)27(12-7-16-34-30(32)33)21-35(22)17-15-24-13-14-25-10-5-6-11-26(25)18-24/h2-6,8-11,13-14,18,22,27-28H,7,12,15-17,19-21,31H2,1H3,(H4,32,33,34)/t22-,27+,28-/m1/s1. The van der Waals surface area contributed by atoms with Gasteiger partial charge in [0.15, 0.2) is 5.96 Å². The molecule has 7 heteroatoms. The average Bonchev–Trinajstić information content (AvgIpc) is 2.90. The fraction of sp³-hybridized carbons (Fsp3) is 0.400. The van der Waals surface area contributed by atoms with Crippen molar-refractivity contribution in [2.45, 2.75) is 50.7 Å². The molecular formula is C30H40N6O. The summed E-state index contributed by atoms with van der Waals surface area (Å²) in [6.07, 6.45) is 3.15. The lowest BCUT2D eigenvalue weighted by Crippen LogP contribution is -2.62. The molecule has 196 valence electrons. The van der Waals surface area contributed by atoms with E-state index < -0.39 is 6.04 Å². The molecular weight excluding hydrogens is 460 g/mol. The Bertz CT molecular complexity index is 1190. The lowest BCUT2D eigenvalue weighted by atomic mass is 9.98. The second kappa shape index (κ2) is 12.7. The molecule has 37 heavy (non-hydrogen) atoms. The van der Waals surface area contributed by atoms with Crippen LogP contribution in [0.1, 0.15) is 30.9 Å². The first-order valence-electron chi connectivity index (χ1n) is 13.3. The molecule has 1 aliphatic rings. The zero-order valence-electron chi connectivity index (χ0n) is 21.8. The molecule has 0 unspecified atom stereocenters. The van der Waals surface area contributed by atoms with Crippen LogP contribution in [-0.2, 0) is 17.6 Å². The molecule has 3 aromatic carbocycles. The Morgan fingerprint density at radius 2 is 1.70 bits per heavy atom. The summed E-state index contributed by atoms with van der Waals surface area (Å²) in [5.74, 6) is 0.129. The largest absolute Gasteiger partial charge is 0.370 e. The molecule has 3 atom stereocenters. The van der Waals surface area contributed by atoms with Gasteiger partial charge in [-0.15, -0.1) is 0 Å². The zero-order chi connectivity index (χ0) is 26.2. The van der Waals surface area contributed by atoms with E-state index in [1.165, 1.54) is 16.3 Å². The van der Waals surface area contributed by atoms with E-state index in [0.717, 1.165) is 37.9 Å². The van der Waals surface area contributed by atoms with E-state index in [4.69, 9.17) is 17.2 Å². The number of fused-ring (bicyclic) bond motifs is 1. The first-order valence-corrected chi connectivity index (χ1v) is 13.3. The van der Waals surface area contributed by atoms with Crippen LogP contribution in [0.5, 0.6) is 0 Å². The maximum Gasteiger partial charge on any atom is 0.240 e. The Labute approximate surface area is 220 Å². The summed E-state index contributed by atoms with van der Waals surface area (Å²) in [4.78, 5) is 22.2. The average molecular weight is 501 g/mol. The normalized spacial score (nSPS) is 19.0. The summed E-state index contributed by atoms with van der Waals surface area (Å²) in [5.41, 5.74) is 19.9. The highest BCUT2D eigenvalue weighted by molar-refractivity contribution is 5.83. The van der Waals surface area contributed by atoms with Crippen LogP contribution in [-0.4, -0.2) is 66.0 Å². The predicted octanol–water partition coefficient (Wildman–Crippen LogP) is 2.91. The maximum atomic E-state index is 13.5. The van der Waals surface area contributed by atoms with Crippen molar-refractivity contribution < 1.29 is 4.79 Å². The Balaban J connectivity index is 1.42. The van der Waals surface area contributed by atoms with Crippen molar-refractivity contribution in [2.75, 3.05) is 26.2 Å². The van der Waals surface area contributed by atoms with E-state index >= 15 is 0 Å². The predicted molar refractivity (Wildman–Crippen MR) is 152 cm³/mol. The van der Waals surface area contributed by atoms with Gasteiger partial charge in [0, 0.05) is 38.3 Å². The number of guanidine groups is 1. The number of hydrogen-bond donors (Lipinski definition) is 3. The van der Waals surface area contributed by atoms with Gasteiger partial charge in [-0.25, -0.2) is 0 Å². The molecule has 3 aromatic rings. The van der Waals surface area contributed by atoms with E-state index in [-0.39, 0.29) is 24.0 Å². The van der Waals surface area contributed by atoms with Crippen LogP contribution in [0.3, 0.4) is 0 Å². The first kappa shape index (κ1) is 26.6. The van der Waals surface area contributed by atoms with Gasteiger partial charge in [0.25, 0.3) is 0 Å². The molecule has 0 aromatic heterocycles. The highest BCUT2D eigenvalue weighted by atomic mass is 16.2. The fourth-order valence-corrected chi connectivity index (χ4v) is 5.30. The first-order chi connectivity index (χ1) is 17.9. The van der Waals surface area contributed by atoms with Crippen molar-refractivity contribution in [3.8, 4) is 0 Å². The summed E-state index contributed by atoms with van der Waals surface area (Å²) < 4.78 is 0. The number of rotatable bonds is 10. The molecule has 1 saturated heterocycles. The molecule has 0 spiro atoms. The number of amides is 1. The molecule has 1 aliphatic heterocycles. The lowest BCUT2D eigenvalue weighted by molar-refractivity contribution is -0.139. The molecule has 6 N–H and O–H groups in total. The highest BCUT2D eigenvalue weighted by Crippen LogP contribution is 2.22. The third-order valence-corrected chi connectivity index (χ3v) is 7.36. The van der Waals surface area contributed by atoms with E-state index in [0.29, 0.717) is 19.5 Å². The number of nitrogens with zero attached hydrogens (tertiary/aromatic N) is 3. The molecule has 7 nitrogen and oxygen atoms in total. The van der Waals surface area contributed by atoms with Crippen LogP contribution in [0.15, 0.2) is 77.8 Å². The Kier molecular flexibility index (Phi) is 9.14. The Morgan fingerprint density at radius 3 is 2.46 bits per heavy atom. The van der Waals surface area contributed by atoms with Crippen molar-refractivity contribution in [2.24, 2.45) is 22.2 Å². The van der Waals surface area contributed by atoms with Gasteiger partial charge in [0.2, 0.25) is 5.91 Å². The summed E-state index contributed by atoms with van der Waals surface area (Å²) in [7, 11) is 0. The van der Waals surface area contributed by atoms with Gasteiger partial charge in [0.05, 0.1) is 6.04 Å². The fourth-order valence-electron chi connectivity index (χ4n) is 5.30. The molecule has 0 radical (unpaired) electrons. The van der Waals surface area contributed by atoms with Crippen molar-refractivity contribution in [3.05, 3.63) is 83.9 Å². The smallest absolute Gasteiger partial charge is 0.240 e. The van der Waals surface area contributed by atoms with Crippen molar-refractivity contribution in [3.63, 3.8) is 0 Å². The number of nitrogens with two attached hydrogens (primary N) is 3. The number of hydrogen-bond acceptors (Lipinski definition) is 4. The topological polar surface area (TPSA) is 114 Å². The summed E-state index contributed by atoms with van der Waals surface area (Å²) >= 11 is 0. The monoisotopic (exact) mass is 500 g/mol. The van der Waals surface area contributed by atoms with E-state index in [9.17, 15) is 4.79 Å². The van der Waals surface area contributed by atoms with Gasteiger partial charge >= 0.3 is 0 Å². The third kappa shape index (κ3) is 7.31. The van der Waals surface area contributed by atoms with E-state index in [1.807, 2.05) is 35.2 Å². The number of benzene rings is 3. The SMILES string of the molecule is C[C@@H]1CN(C(=O)[C@H](N)Cc2ccccc2)[C@@H](CCCN=C(N)N)CN1CCc1ccc2ccccc2c1. The van der Waals surface area contributed by atoms with E-state index in [2.05, 4.69) is 59.3 Å². The van der Waals surface area contributed by atoms with Crippen LogP contribution < -0.4 is 17.2 Å². The van der Waals surface area contributed by atoms with Crippen molar-refractivity contribution >= 4 is 22.6 Å². The van der Waals surface area contributed by atoms with Crippen LogP contribution in [0.2, 0.25) is 0 Å². The summed E-state index contributed by atoms with van der Waals surface area (Å²) in [6, 6.07) is 24.9. The number of piperazine rings is 1. The lowest BCUT2D eigenvalue weighted by Gasteiger charge is -2.46. The van der Waals surface area contributed by atoms with Crippen LogP contribution >= 0.6 is 0 Å². The highest BCUT2D eigenvalue weighted by Gasteiger charge is 2.35. The molecule has 4 rings (SSSR count). The van der Waals surface area contributed by atoms with Gasteiger partial charge < -0.3 is 22.1 Å². The molecule has 1 fully saturated rings. The summed E-state index contributed by atoms with van der Waals surface area (Å²) in [6.45, 7) is 5.21. The van der Waals surface area contributed by atoms with Gasteiger partial charge in [-0.1, -0.05) is 72.8 Å². The minimum absolute atomic E-state index is 0.0247. The van der Waals surface area contributed by atoms with Crippen molar-refractivity contribution in [1.29, 1.82) is 0 Å². The van der Waals surface area contributed by atoms with Gasteiger partial charge in [-0.2, -0.15) is 0 Å². The van der Waals surface area contributed by atoms with Gasteiger partial charge in [-0.3, -0.25) is 14.7 Å². The minimum atomic E-state index is -0.557. The Hall–Kier alpha value is -3.42. The Morgan fingerprint density at radius 1 is 0.973 bits per heavy atom. The second-order valence-corrected chi connectivity index (χ2v) is 10.2.